The molecular formula is C18H19F4N3O2S. The third-order valence-corrected chi connectivity index (χ3v) is 5.94. The third kappa shape index (κ3) is 4.39. The summed E-state index contributed by atoms with van der Waals surface area (Å²) in [6.45, 7) is 2.41. The normalized spacial score (nSPS) is 16.2. The lowest BCUT2D eigenvalue weighted by Crippen LogP contribution is -2.44. The molecule has 2 aromatic rings. The molecule has 0 unspecified atom stereocenters. The minimum atomic E-state index is -4.64. The van der Waals surface area contributed by atoms with Crippen LogP contribution in [0.2, 0.25) is 0 Å². The highest BCUT2D eigenvalue weighted by molar-refractivity contribution is 7.92. The van der Waals surface area contributed by atoms with Crippen LogP contribution in [0.1, 0.15) is 5.56 Å². The molecule has 1 heterocycles. The van der Waals surface area contributed by atoms with Crippen LogP contribution in [0.25, 0.3) is 0 Å². The molecule has 1 aliphatic rings. The van der Waals surface area contributed by atoms with Gasteiger partial charge in [0, 0.05) is 26.2 Å². The van der Waals surface area contributed by atoms with Crippen molar-refractivity contribution in [2.75, 3.05) is 42.8 Å². The van der Waals surface area contributed by atoms with Gasteiger partial charge in [-0.15, -0.1) is 0 Å². The van der Waals surface area contributed by atoms with Gasteiger partial charge in [0.15, 0.2) is 0 Å². The number of likely N-dealkylation sites (N-methyl/N-ethyl adjacent to an activating group) is 1. The molecule has 5 nitrogen and oxygen atoms in total. The van der Waals surface area contributed by atoms with Crippen LogP contribution in [0, 0.1) is 5.82 Å². The van der Waals surface area contributed by atoms with Gasteiger partial charge in [0.25, 0.3) is 10.0 Å². The van der Waals surface area contributed by atoms with Crippen molar-refractivity contribution in [1.82, 2.24) is 4.90 Å². The quantitative estimate of drug-likeness (QED) is 0.775. The fourth-order valence-corrected chi connectivity index (χ4v) is 4.13. The van der Waals surface area contributed by atoms with Crippen LogP contribution in [-0.4, -0.2) is 46.5 Å². The molecule has 2 aromatic carbocycles. The van der Waals surface area contributed by atoms with E-state index < -0.39 is 32.5 Å². The number of hydrogen-bond donors (Lipinski definition) is 1. The highest BCUT2D eigenvalue weighted by Gasteiger charge is 2.32. The summed E-state index contributed by atoms with van der Waals surface area (Å²) in [6, 6.07) is 7.59. The highest BCUT2D eigenvalue weighted by atomic mass is 32.2. The summed E-state index contributed by atoms with van der Waals surface area (Å²) < 4.78 is 80.8. The number of piperazine rings is 1. The molecule has 0 saturated carbocycles. The lowest BCUT2D eigenvalue weighted by molar-refractivity contribution is -0.137. The van der Waals surface area contributed by atoms with E-state index in [2.05, 4.69) is 9.62 Å². The van der Waals surface area contributed by atoms with Crippen molar-refractivity contribution in [3.05, 3.63) is 53.8 Å². The molecule has 0 aromatic heterocycles. The van der Waals surface area contributed by atoms with Gasteiger partial charge in [0.05, 0.1) is 16.9 Å². The third-order valence-electron chi connectivity index (χ3n) is 4.54. The molecule has 1 aliphatic heterocycles. The Morgan fingerprint density at radius 1 is 1.00 bits per heavy atom. The number of alkyl halides is 3. The number of nitrogens with zero attached hydrogens (tertiary/aromatic N) is 2. The van der Waals surface area contributed by atoms with E-state index in [1.807, 2.05) is 7.05 Å². The Labute approximate surface area is 160 Å². The fraction of sp³-hybridized carbons (Fsp3) is 0.333. The molecule has 152 valence electrons. The second kappa shape index (κ2) is 7.59. The van der Waals surface area contributed by atoms with Crippen LogP contribution in [0.5, 0.6) is 0 Å². The first-order valence-corrected chi connectivity index (χ1v) is 9.98. The van der Waals surface area contributed by atoms with E-state index >= 15 is 0 Å². The maximum Gasteiger partial charge on any atom is 0.416 e. The first-order chi connectivity index (χ1) is 13.1. The molecule has 1 fully saturated rings. The topological polar surface area (TPSA) is 52.6 Å². The molecule has 3 rings (SSSR count). The van der Waals surface area contributed by atoms with E-state index in [1.165, 1.54) is 18.2 Å². The van der Waals surface area contributed by atoms with Crippen molar-refractivity contribution in [3.8, 4) is 0 Å². The smallest absolute Gasteiger partial charge is 0.367 e. The molecule has 0 radical (unpaired) electrons. The number of benzene rings is 2. The van der Waals surface area contributed by atoms with Gasteiger partial charge < -0.3 is 9.80 Å². The number of halogens is 4. The molecule has 0 amide bonds. The van der Waals surface area contributed by atoms with Gasteiger partial charge in [0.1, 0.15) is 10.7 Å². The molecular weight excluding hydrogens is 398 g/mol. The van der Waals surface area contributed by atoms with Crippen molar-refractivity contribution >= 4 is 21.4 Å². The zero-order chi connectivity index (χ0) is 20.5. The van der Waals surface area contributed by atoms with Crippen LogP contribution in [0.15, 0.2) is 47.4 Å². The highest BCUT2D eigenvalue weighted by Crippen LogP contribution is 2.36. The van der Waals surface area contributed by atoms with Gasteiger partial charge in [0.2, 0.25) is 0 Å². The minimum Gasteiger partial charge on any atom is -0.367 e. The lowest BCUT2D eigenvalue weighted by Gasteiger charge is -2.35. The maximum absolute atomic E-state index is 13.9. The van der Waals surface area contributed by atoms with Crippen LogP contribution < -0.4 is 9.62 Å². The zero-order valence-corrected chi connectivity index (χ0v) is 15.8. The van der Waals surface area contributed by atoms with Crippen molar-refractivity contribution in [1.29, 1.82) is 0 Å². The summed E-state index contributed by atoms with van der Waals surface area (Å²) in [6.07, 6.45) is -4.64. The number of hydrogen-bond acceptors (Lipinski definition) is 4. The van der Waals surface area contributed by atoms with E-state index in [0.29, 0.717) is 31.9 Å². The Morgan fingerprint density at radius 2 is 1.64 bits per heavy atom. The average Bonchev–Trinajstić information content (AvgIpc) is 2.61. The van der Waals surface area contributed by atoms with Crippen LogP contribution >= 0.6 is 0 Å². The van der Waals surface area contributed by atoms with Gasteiger partial charge >= 0.3 is 6.18 Å². The molecule has 0 bridgehead atoms. The van der Waals surface area contributed by atoms with E-state index in [4.69, 9.17) is 0 Å². The molecule has 0 atom stereocenters. The number of nitrogens with one attached hydrogen (secondary N) is 1. The first-order valence-electron chi connectivity index (χ1n) is 8.50. The van der Waals surface area contributed by atoms with Gasteiger partial charge in [-0.05, 0) is 37.4 Å². The second-order valence-electron chi connectivity index (χ2n) is 6.56. The monoisotopic (exact) mass is 417 g/mol. The van der Waals surface area contributed by atoms with Crippen LogP contribution in [0.4, 0.5) is 28.9 Å². The Morgan fingerprint density at radius 3 is 2.25 bits per heavy atom. The number of sulfonamides is 1. The number of rotatable bonds is 4. The average molecular weight is 417 g/mol. The largest absolute Gasteiger partial charge is 0.416 e. The summed E-state index contributed by atoms with van der Waals surface area (Å²) in [7, 11) is -2.49. The standard InChI is InChI=1S/C18H19F4N3O2S/c1-24-8-10-25(11-9-24)16-7-6-13(18(20,21)22)12-15(16)23-28(26,27)17-5-3-2-4-14(17)19/h2-7,12,23H,8-11H2,1H3. The summed E-state index contributed by atoms with van der Waals surface area (Å²) in [5, 5.41) is 0. The predicted octanol–water partition coefficient (Wildman–Crippen LogP) is 3.40. The van der Waals surface area contributed by atoms with E-state index in [9.17, 15) is 26.0 Å². The first kappa shape index (κ1) is 20.4. The Balaban J connectivity index is 2.02. The van der Waals surface area contributed by atoms with Crippen molar-refractivity contribution < 1.29 is 26.0 Å². The SMILES string of the molecule is CN1CCN(c2ccc(C(F)(F)F)cc2NS(=O)(=O)c2ccccc2F)CC1. The van der Waals surface area contributed by atoms with Gasteiger partial charge in [-0.3, -0.25) is 4.72 Å². The van der Waals surface area contributed by atoms with Gasteiger partial charge in [-0.1, -0.05) is 12.1 Å². The van der Waals surface area contributed by atoms with Crippen molar-refractivity contribution in [2.45, 2.75) is 11.1 Å². The lowest BCUT2D eigenvalue weighted by atomic mass is 10.1. The molecule has 0 aliphatic carbocycles. The molecule has 10 heteroatoms. The second-order valence-corrected chi connectivity index (χ2v) is 8.21. The maximum atomic E-state index is 13.9. The zero-order valence-electron chi connectivity index (χ0n) is 15.0. The molecule has 1 saturated heterocycles. The van der Waals surface area contributed by atoms with E-state index in [0.717, 1.165) is 24.3 Å². The summed E-state index contributed by atoms with van der Waals surface area (Å²) >= 11 is 0. The predicted molar refractivity (Wildman–Crippen MR) is 98.4 cm³/mol. The van der Waals surface area contributed by atoms with Gasteiger partial charge in [-0.2, -0.15) is 13.2 Å². The van der Waals surface area contributed by atoms with Crippen LogP contribution in [0.3, 0.4) is 0 Å². The molecule has 0 spiro atoms. The summed E-state index contributed by atoms with van der Waals surface area (Å²) in [4.78, 5) is 3.24. The van der Waals surface area contributed by atoms with Crippen molar-refractivity contribution in [2.24, 2.45) is 0 Å². The van der Waals surface area contributed by atoms with Crippen LogP contribution in [-0.2, 0) is 16.2 Å². The van der Waals surface area contributed by atoms with Gasteiger partial charge in [-0.25, -0.2) is 12.8 Å². The summed E-state index contributed by atoms with van der Waals surface area (Å²) in [5.74, 6) is -0.983. The van der Waals surface area contributed by atoms with Crippen molar-refractivity contribution in [3.63, 3.8) is 0 Å². The Kier molecular flexibility index (Phi) is 5.53. The van der Waals surface area contributed by atoms with E-state index in [-0.39, 0.29) is 5.69 Å². The Bertz CT molecular complexity index is 956. The molecule has 28 heavy (non-hydrogen) atoms. The number of anilines is 2. The Hall–Kier alpha value is -2.33. The molecule has 1 N–H and O–H groups in total. The summed E-state index contributed by atoms with van der Waals surface area (Å²) in [5.41, 5.74) is -0.903. The minimum absolute atomic E-state index is 0.234. The van der Waals surface area contributed by atoms with E-state index in [1.54, 1.807) is 4.90 Å². The fourth-order valence-electron chi connectivity index (χ4n) is 2.98.